The average molecular weight is 247 g/mol. The first-order chi connectivity index (χ1) is 8.81. The highest BCUT2D eigenvalue weighted by atomic mass is 16.5. The van der Waals surface area contributed by atoms with E-state index in [9.17, 15) is 0 Å². The van der Waals surface area contributed by atoms with E-state index in [4.69, 9.17) is 14.2 Å². The molecule has 1 aromatic heterocycles. The molecule has 1 aliphatic rings. The Kier molecular flexibility index (Phi) is 4.57. The fourth-order valence-corrected chi connectivity index (χ4v) is 1.72. The first kappa shape index (κ1) is 12.9. The van der Waals surface area contributed by atoms with Gasteiger partial charge in [-0.15, -0.1) is 0 Å². The molecule has 0 saturated heterocycles. The highest BCUT2D eigenvalue weighted by Crippen LogP contribution is 2.27. The largest absolute Gasteiger partial charge is 0.489 e. The van der Waals surface area contributed by atoms with Gasteiger partial charge in [-0.3, -0.25) is 0 Å². The van der Waals surface area contributed by atoms with E-state index < -0.39 is 0 Å². The predicted octanol–water partition coefficient (Wildman–Crippen LogP) is 1.64. The number of rotatable bonds is 4. The lowest BCUT2D eigenvalue weighted by Gasteiger charge is -2.33. The Labute approximate surface area is 107 Å². The second-order valence-electron chi connectivity index (χ2n) is 4.18. The first-order valence-corrected chi connectivity index (χ1v) is 5.95. The number of nitrogens with zero attached hydrogens (tertiary/aromatic N) is 1. The van der Waals surface area contributed by atoms with Gasteiger partial charge in [0.15, 0.2) is 0 Å². The second-order valence-corrected chi connectivity index (χ2v) is 4.18. The Balaban J connectivity index is 1.83. The van der Waals surface area contributed by atoms with E-state index in [0.717, 1.165) is 24.3 Å². The zero-order chi connectivity index (χ0) is 12.8. The Bertz CT molecular complexity index is 427. The van der Waals surface area contributed by atoms with Crippen molar-refractivity contribution >= 4 is 0 Å². The van der Waals surface area contributed by atoms with Crippen molar-refractivity contribution in [3.63, 3.8) is 0 Å². The number of hydrogen-bond donors (Lipinski definition) is 0. The van der Waals surface area contributed by atoms with E-state index in [1.807, 2.05) is 12.1 Å². The van der Waals surface area contributed by atoms with Gasteiger partial charge in [-0.1, -0.05) is 5.92 Å². The smallest absolute Gasteiger partial charge is 0.138 e. The number of aromatic nitrogens is 1. The maximum atomic E-state index is 5.75. The Hall–Kier alpha value is -1.57. The first-order valence-electron chi connectivity index (χ1n) is 5.95. The van der Waals surface area contributed by atoms with Crippen molar-refractivity contribution in [3.05, 3.63) is 24.0 Å². The molecule has 2 rings (SSSR count). The third-order valence-electron chi connectivity index (χ3n) is 2.86. The van der Waals surface area contributed by atoms with Crippen LogP contribution in [0.4, 0.5) is 0 Å². The topological polar surface area (TPSA) is 40.6 Å². The second kappa shape index (κ2) is 6.39. The molecule has 1 fully saturated rings. The highest BCUT2D eigenvalue weighted by Gasteiger charge is 2.30. The fourth-order valence-electron chi connectivity index (χ4n) is 1.72. The molecular formula is C14H17NO3. The van der Waals surface area contributed by atoms with Gasteiger partial charge in [0.1, 0.15) is 24.2 Å². The maximum Gasteiger partial charge on any atom is 0.138 e. The minimum absolute atomic E-state index is 0.252. The van der Waals surface area contributed by atoms with Gasteiger partial charge >= 0.3 is 0 Å². The summed E-state index contributed by atoms with van der Waals surface area (Å²) in [5.41, 5.74) is 0.725. The van der Waals surface area contributed by atoms with Gasteiger partial charge in [0.25, 0.3) is 0 Å². The van der Waals surface area contributed by atoms with Gasteiger partial charge in [-0.25, -0.2) is 4.98 Å². The van der Waals surface area contributed by atoms with Crippen LogP contribution in [0.15, 0.2) is 18.3 Å². The summed E-state index contributed by atoms with van der Waals surface area (Å²) in [7, 11) is 3.35. The average Bonchev–Trinajstić information content (AvgIpc) is 2.35. The van der Waals surface area contributed by atoms with Crippen LogP contribution >= 0.6 is 0 Å². The molecule has 1 aliphatic carbocycles. The summed E-state index contributed by atoms with van der Waals surface area (Å²) >= 11 is 0. The molecule has 4 heteroatoms. The molecule has 96 valence electrons. The van der Waals surface area contributed by atoms with Crippen molar-refractivity contribution in [1.82, 2.24) is 4.98 Å². The zero-order valence-corrected chi connectivity index (χ0v) is 10.7. The summed E-state index contributed by atoms with van der Waals surface area (Å²) in [6, 6.07) is 3.74. The third-order valence-corrected chi connectivity index (χ3v) is 2.86. The summed E-state index contributed by atoms with van der Waals surface area (Å²) in [5.74, 6) is 6.55. The molecule has 1 saturated carbocycles. The van der Waals surface area contributed by atoms with Crippen LogP contribution < -0.4 is 4.74 Å². The van der Waals surface area contributed by atoms with Crippen LogP contribution in [0.25, 0.3) is 0 Å². The van der Waals surface area contributed by atoms with Gasteiger partial charge in [0.2, 0.25) is 0 Å². The molecule has 0 unspecified atom stereocenters. The van der Waals surface area contributed by atoms with Crippen LogP contribution in [0.1, 0.15) is 18.5 Å². The summed E-state index contributed by atoms with van der Waals surface area (Å²) in [5, 5.41) is 0. The molecule has 0 amide bonds. The van der Waals surface area contributed by atoms with Crippen molar-refractivity contribution in [1.29, 1.82) is 0 Å². The SMILES string of the molecule is COCC#Cc1ccc(O[C@H]2C[C@H](OC)C2)cn1. The van der Waals surface area contributed by atoms with Crippen LogP contribution in [0.5, 0.6) is 5.75 Å². The predicted molar refractivity (Wildman–Crippen MR) is 67.4 cm³/mol. The van der Waals surface area contributed by atoms with E-state index in [1.165, 1.54) is 0 Å². The molecule has 0 radical (unpaired) electrons. The molecule has 0 aromatic carbocycles. The maximum absolute atomic E-state index is 5.75. The van der Waals surface area contributed by atoms with Crippen molar-refractivity contribution in [2.75, 3.05) is 20.8 Å². The van der Waals surface area contributed by atoms with E-state index in [2.05, 4.69) is 16.8 Å². The number of pyridine rings is 1. The molecule has 0 aliphatic heterocycles. The van der Waals surface area contributed by atoms with E-state index in [0.29, 0.717) is 12.7 Å². The normalized spacial score (nSPS) is 21.7. The number of hydrogen-bond acceptors (Lipinski definition) is 4. The molecule has 4 nitrogen and oxygen atoms in total. The zero-order valence-electron chi connectivity index (χ0n) is 10.7. The number of ether oxygens (including phenoxy) is 3. The van der Waals surface area contributed by atoms with Crippen LogP contribution in [0.2, 0.25) is 0 Å². The van der Waals surface area contributed by atoms with Crippen molar-refractivity contribution < 1.29 is 14.2 Å². The van der Waals surface area contributed by atoms with Gasteiger partial charge in [0, 0.05) is 27.1 Å². The van der Waals surface area contributed by atoms with Gasteiger partial charge in [-0.05, 0) is 18.1 Å². The molecule has 0 spiro atoms. The summed E-state index contributed by atoms with van der Waals surface area (Å²) in [6.45, 7) is 0.417. The van der Waals surface area contributed by atoms with E-state index >= 15 is 0 Å². The fraction of sp³-hybridized carbons (Fsp3) is 0.500. The molecular weight excluding hydrogens is 230 g/mol. The molecule has 18 heavy (non-hydrogen) atoms. The summed E-state index contributed by atoms with van der Waals surface area (Å²) < 4.78 is 15.8. The van der Waals surface area contributed by atoms with Gasteiger partial charge < -0.3 is 14.2 Å². The molecule has 1 heterocycles. The van der Waals surface area contributed by atoms with Crippen molar-refractivity contribution in [3.8, 4) is 17.6 Å². The quantitative estimate of drug-likeness (QED) is 0.758. The highest BCUT2D eigenvalue weighted by molar-refractivity contribution is 5.31. The van der Waals surface area contributed by atoms with Crippen molar-refractivity contribution in [2.45, 2.75) is 25.0 Å². The number of methoxy groups -OCH3 is 2. The molecule has 1 aromatic rings. The van der Waals surface area contributed by atoms with E-state index in [1.54, 1.807) is 20.4 Å². The monoisotopic (exact) mass is 247 g/mol. The lowest BCUT2D eigenvalue weighted by atomic mass is 9.92. The Morgan fingerprint density at radius 2 is 2.11 bits per heavy atom. The lowest BCUT2D eigenvalue weighted by Crippen LogP contribution is -2.38. The summed E-state index contributed by atoms with van der Waals surface area (Å²) in [4.78, 5) is 4.22. The third kappa shape index (κ3) is 3.46. The van der Waals surface area contributed by atoms with Crippen LogP contribution in [-0.4, -0.2) is 38.0 Å². The van der Waals surface area contributed by atoms with Crippen LogP contribution in [-0.2, 0) is 9.47 Å². The molecule has 0 N–H and O–H groups in total. The molecule has 0 bridgehead atoms. The van der Waals surface area contributed by atoms with Crippen LogP contribution in [0, 0.1) is 11.8 Å². The summed E-state index contributed by atoms with van der Waals surface area (Å²) in [6.07, 6.45) is 4.21. The lowest BCUT2D eigenvalue weighted by molar-refractivity contribution is -0.0382. The van der Waals surface area contributed by atoms with Gasteiger partial charge in [0.05, 0.1) is 12.3 Å². The van der Waals surface area contributed by atoms with E-state index in [-0.39, 0.29) is 6.10 Å². The van der Waals surface area contributed by atoms with Crippen molar-refractivity contribution in [2.24, 2.45) is 0 Å². The Morgan fingerprint density at radius 1 is 1.28 bits per heavy atom. The Morgan fingerprint density at radius 3 is 2.72 bits per heavy atom. The standard InChI is InChI=1S/C14H17NO3/c1-16-7-3-4-11-5-6-12(10-15-11)18-14-8-13(9-14)17-2/h5-6,10,13-14H,7-9H2,1-2H3/t13-,14-. The van der Waals surface area contributed by atoms with Gasteiger partial charge in [-0.2, -0.15) is 0 Å². The molecule has 0 atom stereocenters. The minimum Gasteiger partial charge on any atom is -0.489 e. The minimum atomic E-state index is 0.252. The van der Waals surface area contributed by atoms with Crippen LogP contribution in [0.3, 0.4) is 0 Å².